The Kier molecular flexibility index (Phi) is 8.05. The van der Waals surface area contributed by atoms with E-state index < -0.39 is 5.97 Å². The van der Waals surface area contributed by atoms with Gasteiger partial charge in [0.25, 0.3) is 0 Å². The van der Waals surface area contributed by atoms with Crippen LogP contribution in [0, 0.1) is 6.92 Å². The lowest BCUT2D eigenvalue weighted by Gasteiger charge is -2.06. The van der Waals surface area contributed by atoms with Crippen molar-refractivity contribution in [1.82, 2.24) is 19.2 Å². The number of hydrogen-bond donors (Lipinski definition) is 1. The summed E-state index contributed by atoms with van der Waals surface area (Å²) in [5.74, 6) is 0.467. The van der Waals surface area contributed by atoms with Crippen LogP contribution in [0.25, 0.3) is 21.9 Å². The summed E-state index contributed by atoms with van der Waals surface area (Å²) >= 11 is 4.28. The van der Waals surface area contributed by atoms with Gasteiger partial charge in [0.2, 0.25) is 9.76 Å². The van der Waals surface area contributed by atoms with Gasteiger partial charge in [-0.15, -0.1) is 16.8 Å². The maximum Gasteiger partial charge on any atom is 0.350 e. The first-order chi connectivity index (χ1) is 19.0. The number of imidazole rings is 1. The minimum atomic E-state index is -0.422. The fourth-order valence-electron chi connectivity index (χ4n) is 3.80. The molecule has 0 fully saturated rings. The SMILES string of the molecule is C=CCSc1nn2c(/C=N/N=c3\sc(C(=O)OCC)c(C)n3-c3ccc(O)cc3)c(-c3ccccc3)nc2s1. The number of phenols is 1. The molecular formula is C27H24N6O3S3. The van der Waals surface area contributed by atoms with Crippen molar-refractivity contribution in [3.63, 3.8) is 0 Å². The number of thioether (sulfide) groups is 1. The Balaban J connectivity index is 1.62. The van der Waals surface area contributed by atoms with Crippen LogP contribution >= 0.6 is 34.4 Å². The molecular weight excluding hydrogens is 553 g/mol. The summed E-state index contributed by atoms with van der Waals surface area (Å²) in [6, 6.07) is 16.5. The van der Waals surface area contributed by atoms with Gasteiger partial charge in [0, 0.05) is 22.7 Å². The van der Waals surface area contributed by atoms with E-state index in [1.165, 1.54) is 22.7 Å². The van der Waals surface area contributed by atoms with Gasteiger partial charge in [0.15, 0.2) is 4.34 Å². The second-order valence-corrected chi connectivity index (χ2v) is 11.3. The Labute approximate surface area is 236 Å². The molecule has 2 aromatic carbocycles. The number of esters is 1. The largest absolute Gasteiger partial charge is 0.508 e. The number of nitrogens with zero attached hydrogens (tertiary/aromatic N) is 6. The monoisotopic (exact) mass is 576 g/mol. The van der Waals surface area contributed by atoms with E-state index in [2.05, 4.69) is 16.8 Å². The number of phenolic OH excluding ortho intramolecular Hbond substituents is 1. The zero-order chi connectivity index (χ0) is 27.4. The molecule has 39 heavy (non-hydrogen) atoms. The highest BCUT2D eigenvalue weighted by Gasteiger charge is 2.20. The van der Waals surface area contributed by atoms with Crippen LogP contribution in [0.15, 0.2) is 81.8 Å². The number of carbonyl (C=O) groups is 1. The highest BCUT2D eigenvalue weighted by molar-refractivity contribution is 8.01. The highest BCUT2D eigenvalue weighted by Crippen LogP contribution is 2.30. The van der Waals surface area contributed by atoms with E-state index >= 15 is 0 Å². The van der Waals surface area contributed by atoms with Gasteiger partial charge in [0.05, 0.1) is 12.8 Å². The van der Waals surface area contributed by atoms with Gasteiger partial charge in [-0.05, 0) is 38.1 Å². The minimum Gasteiger partial charge on any atom is -0.508 e. The first kappa shape index (κ1) is 26.6. The fraction of sp³-hybridized carbons (Fsp3) is 0.148. The maximum absolute atomic E-state index is 12.6. The molecule has 12 heteroatoms. The normalized spacial score (nSPS) is 12.0. The average Bonchev–Trinajstić information content (AvgIpc) is 3.60. The van der Waals surface area contributed by atoms with Gasteiger partial charge >= 0.3 is 5.97 Å². The molecule has 5 rings (SSSR count). The molecule has 0 radical (unpaired) electrons. The van der Waals surface area contributed by atoms with E-state index in [0.29, 0.717) is 21.1 Å². The molecule has 0 saturated carbocycles. The first-order valence-electron chi connectivity index (χ1n) is 11.9. The summed E-state index contributed by atoms with van der Waals surface area (Å²) in [5.41, 5.74) is 3.77. The van der Waals surface area contributed by atoms with Crippen LogP contribution in [0.2, 0.25) is 0 Å². The lowest BCUT2D eigenvalue weighted by atomic mass is 10.1. The Hall–Kier alpha value is -4.00. The van der Waals surface area contributed by atoms with E-state index in [-0.39, 0.29) is 12.4 Å². The van der Waals surface area contributed by atoms with Crippen LogP contribution in [0.4, 0.5) is 0 Å². The molecule has 3 aromatic heterocycles. The molecule has 0 saturated heterocycles. The van der Waals surface area contributed by atoms with Crippen molar-refractivity contribution in [2.24, 2.45) is 10.2 Å². The lowest BCUT2D eigenvalue weighted by molar-refractivity contribution is 0.0530. The molecule has 3 heterocycles. The molecule has 1 N–H and O–H groups in total. The van der Waals surface area contributed by atoms with Gasteiger partial charge < -0.3 is 9.84 Å². The number of fused-ring (bicyclic) bond motifs is 1. The second kappa shape index (κ2) is 11.8. The second-order valence-electron chi connectivity index (χ2n) is 8.09. The standard InChI is InChI=1S/C27H24N6O3S3/c1-4-15-37-27-31-33-21(22(29-25(33)39-27)18-9-7-6-8-10-18)16-28-30-26-32(19-11-13-20(34)14-12-19)17(3)23(38-26)24(35)36-5-2/h4,6-14,16,34H,1,5,15H2,2-3H3/b28-16+,30-26-. The van der Waals surface area contributed by atoms with Crippen LogP contribution in [0.1, 0.15) is 28.0 Å². The molecule has 0 spiro atoms. The lowest BCUT2D eigenvalue weighted by Crippen LogP contribution is -2.14. The van der Waals surface area contributed by atoms with Gasteiger partial charge in [-0.3, -0.25) is 4.57 Å². The molecule has 0 atom stereocenters. The third-order valence-corrected chi connectivity index (χ3v) is 8.68. The Morgan fingerprint density at radius 2 is 1.95 bits per heavy atom. The molecule has 9 nitrogen and oxygen atoms in total. The maximum atomic E-state index is 12.6. The zero-order valence-electron chi connectivity index (χ0n) is 21.1. The molecule has 5 aromatic rings. The molecule has 198 valence electrons. The van der Waals surface area contributed by atoms with Crippen LogP contribution in [-0.4, -0.2) is 48.8 Å². The predicted octanol–water partition coefficient (Wildman–Crippen LogP) is 5.71. The van der Waals surface area contributed by atoms with E-state index in [4.69, 9.17) is 14.8 Å². The summed E-state index contributed by atoms with van der Waals surface area (Å²) in [7, 11) is 0. The number of ether oxygens (including phenoxy) is 1. The molecule has 0 bridgehead atoms. The van der Waals surface area contributed by atoms with Gasteiger partial charge in [0.1, 0.15) is 22.0 Å². The predicted molar refractivity (Wildman–Crippen MR) is 156 cm³/mol. The number of thiazole rings is 1. The summed E-state index contributed by atoms with van der Waals surface area (Å²) in [4.78, 5) is 19.1. The van der Waals surface area contributed by atoms with Crippen molar-refractivity contribution in [3.05, 3.63) is 88.3 Å². The van der Waals surface area contributed by atoms with E-state index in [1.54, 1.807) is 53.7 Å². The average molecular weight is 577 g/mol. The number of hydrogen-bond acceptors (Lipinski definition) is 10. The Morgan fingerprint density at radius 3 is 2.67 bits per heavy atom. The van der Waals surface area contributed by atoms with Gasteiger partial charge in [-0.25, -0.2) is 14.3 Å². The van der Waals surface area contributed by atoms with Crippen LogP contribution in [-0.2, 0) is 4.74 Å². The Bertz CT molecular complexity index is 1730. The third-order valence-electron chi connectivity index (χ3n) is 5.53. The van der Waals surface area contributed by atoms with Gasteiger partial charge in [-0.1, -0.05) is 70.8 Å². The Morgan fingerprint density at radius 1 is 1.18 bits per heavy atom. The van der Waals surface area contributed by atoms with Crippen molar-refractivity contribution in [2.45, 2.75) is 18.2 Å². The van der Waals surface area contributed by atoms with E-state index in [1.807, 2.05) is 47.9 Å². The highest BCUT2D eigenvalue weighted by atomic mass is 32.2. The summed E-state index contributed by atoms with van der Waals surface area (Å²) < 4.78 is 9.71. The first-order valence-corrected chi connectivity index (χ1v) is 14.6. The number of aromatic nitrogens is 4. The van der Waals surface area contributed by atoms with Crippen molar-refractivity contribution < 1.29 is 14.6 Å². The summed E-state index contributed by atoms with van der Waals surface area (Å²) in [6.07, 6.45) is 3.46. The van der Waals surface area contributed by atoms with Crippen molar-refractivity contribution in [1.29, 1.82) is 0 Å². The van der Waals surface area contributed by atoms with Crippen molar-refractivity contribution in [2.75, 3.05) is 12.4 Å². The molecule has 0 aliphatic heterocycles. The quantitative estimate of drug-likeness (QED) is 0.0792. The van der Waals surface area contributed by atoms with Crippen LogP contribution < -0.4 is 4.80 Å². The molecule has 0 aliphatic carbocycles. The number of rotatable bonds is 9. The summed E-state index contributed by atoms with van der Waals surface area (Å²) in [6.45, 7) is 7.63. The van der Waals surface area contributed by atoms with Crippen molar-refractivity contribution in [3.8, 4) is 22.7 Å². The number of carbonyl (C=O) groups excluding carboxylic acids is 1. The zero-order valence-corrected chi connectivity index (χ0v) is 23.6. The van der Waals surface area contributed by atoms with Gasteiger partial charge in [-0.2, -0.15) is 5.10 Å². The minimum absolute atomic E-state index is 0.140. The summed E-state index contributed by atoms with van der Waals surface area (Å²) in [5, 5.41) is 23.4. The van der Waals surface area contributed by atoms with E-state index in [0.717, 1.165) is 32.0 Å². The molecule has 0 unspecified atom stereocenters. The van der Waals surface area contributed by atoms with E-state index in [9.17, 15) is 9.90 Å². The number of benzene rings is 2. The smallest absolute Gasteiger partial charge is 0.350 e. The third kappa shape index (κ3) is 5.58. The van der Waals surface area contributed by atoms with Crippen molar-refractivity contribution >= 4 is 51.6 Å². The van der Waals surface area contributed by atoms with Crippen LogP contribution in [0.5, 0.6) is 5.75 Å². The fourth-order valence-corrected chi connectivity index (χ4v) is 6.49. The molecule has 0 amide bonds. The topological polar surface area (TPSA) is 106 Å². The number of aromatic hydroxyl groups is 1. The molecule has 0 aliphatic rings. The van der Waals surface area contributed by atoms with Crippen LogP contribution in [0.3, 0.4) is 0 Å².